The Morgan fingerprint density at radius 1 is 1.33 bits per heavy atom. The molecular formula is C14H19Cl2N3OS. The fourth-order valence-corrected chi connectivity index (χ4v) is 2.67. The summed E-state index contributed by atoms with van der Waals surface area (Å²) in [5, 5.41) is 0. The minimum absolute atomic E-state index is 0. The Labute approximate surface area is 141 Å². The molecule has 116 valence electrons. The summed E-state index contributed by atoms with van der Waals surface area (Å²) in [6.45, 7) is 4.44. The monoisotopic (exact) mass is 347 g/mol. The molecule has 1 aromatic heterocycles. The van der Waals surface area contributed by atoms with Crippen LogP contribution in [-0.4, -0.2) is 22.8 Å². The van der Waals surface area contributed by atoms with E-state index in [2.05, 4.69) is 4.98 Å². The van der Waals surface area contributed by atoms with Gasteiger partial charge in [0.05, 0.1) is 17.7 Å². The molecule has 0 saturated carbocycles. The predicted octanol–water partition coefficient (Wildman–Crippen LogP) is 3.46. The Kier molecular flexibility index (Phi) is 7.71. The molecule has 0 spiro atoms. The zero-order valence-corrected chi connectivity index (χ0v) is 14.6. The topological polar surface area (TPSA) is 59.2 Å². The molecule has 2 rings (SSSR count). The molecule has 21 heavy (non-hydrogen) atoms. The summed E-state index contributed by atoms with van der Waals surface area (Å²) in [5.74, 6) is -0.0161. The average molecular weight is 348 g/mol. The molecule has 0 atom stereocenters. The lowest BCUT2D eigenvalue weighted by Gasteiger charge is -2.18. The smallest absolute Gasteiger partial charge is 0.254 e. The molecule has 0 aliphatic rings. The summed E-state index contributed by atoms with van der Waals surface area (Å²) < 4.78 is 0. The molecule has 0 saturated heterocycles. The number of nitrogens with two attached hydrogens (primary N) is 1. The van der Waals surface area contributed by atoms with Crippen LogP contribution in [0.4, 0.5) is 5.69 Å². The first kappa shape index (κ1) is 19.7. The van der Waals surface area contributed by atoms with Crippen molar-refractivity contribution in [3.8, 4) is 0 Å². The molecule has 0 unspecified atom stereocenters. The first-order chi connectivity index (χ1) is 8.99. The van der Waals surface area contributed by atoms with E-state index in [1.54, 1.807) is 40.9 Å². The summed E-state index contributed by atoms with van der Waals surface area (Å²) in [4.78, 5) is 19.4. The number of nitrogen functional groups attached to an aromatic ring is 1. The standard InChI is InChI=1S/C14H17N3OS.2ClH/c1-9-4-5-11(15)6-12(9)14(18)17(3)7-13-10(2)16-8-19-13;;/h4-6,8H,7,15H2,1-3H3;2*1H. The highest BCUT2D eigenvalue weighted by atomic mass is 35.5. The van der Waals surface area contributed by atoms with Crippen molar-refractivity contribution in [3.63, 3.8) is 0 Å². The zero-order chi connectivity index (χ0) is 14.0. The van der Waals surface area contributed by atoms with Crippen LogP contribution in [0, 0.1) is 13.8 Å². The van der Waals surface area contributed by atoms with E-state index in [-0.39, 0.29) is 30.7 Å². The molecule has 0 bridgehead atoms. The van der Waals surface area contributed by atoms with E-state index >= 15 is 0 Å². The molecule has 2 N–H and O–H groups in total. The van der Waals surface area contributed by atoms with Crippen LogP contribution in [0.2, 0.25) is 0 Å². The number of aryl methyl sites for hydroxylation is 2. The van der Waals surface area contributed by atoms with Crippen LogP contribution in [0.5, 0.6) is 0 Å². The number of nitrogens with zero attached hydrogens (tertiary/aromatic N) is 2. The number of hydrogen-bond acceptors (Lipinski definition) is 4. The van der Waals surface area contributed by atoms with E-state index in [0.29, 0.717) is 17.8 Å². The molecular weight excluding hydrogens is 329 g/mol. The maximum Gasteiger partial charge on any atom is 0.254 e. The summed E-state index contributed by atoms with van der Waals surface area (Å²) in [6, 6.07) is 5.40. The van der Waals surface area contributed by atoms with Crippen molar-refractivity contribution >= 4 is 47.7 Å². The van der Waals surface area contributed by atoms with Gasteiger partial charge in [0.15, 0.2) is 0 Å². The zero-order valence-electron chi connectivity index (χ0n) is 12.1. The molecule has 1 heterocycles. The molecule has 0 radical (unpaired) electrons. The highest BCUT2D eigenvalue weighted by Crippen LogP contribution is 2.18. The molecule has 4 nitrogen and oxygen atoms in total. The van der Waals surface area contributed by atoms with Crippen LogP contribution in [0.25, 0.3) is 0 Å². The fraction of sp³-hybridized carbons (Fsp3) is 0.286. The predicted molar refractivity (Wildman–Crippen MR) is 92.7 cm³/mol. The lowest BCUT2D eigenvalue weighted by Crippen LogP contribution is -2.26. The lowest BCUT2D eigenvalue weighted by molar-refractivity contribution is 0.0785. The van der Waals surface area contributed by atoms with Crippen LogP contribution in [0.3, 0.4) is 0 Å². The van der Waals surface area contributed by atoms with E-state index in [1.165, 1.54) is 0 Å². The number of aromatic nitrogens is 1. The summed E-state index contributed by atoms with van der Waals surface area (Å²) >= 11 is 1.57. The number of thiazole rings is 1. The first-order valence-corrected chi connectivity index (χ1v) is 6.87. The van der Waals surface area contributed by atoms with Gasteiger partial charge in [-0.05, 0) is 31.5 Å². The molecule has 1 aromatic carbocycles. The van der Waals surface area contributed by atoms with E-state index in [4.69, 9.17) is 5.73 Å². The van der Waals surface area contributed by atoms with Crippen molar-refractivity contribution in [3.05, 3.63) is 45.4 Å². The van der Waals surface area contributed by atoms with Gasteiger partial charge in [-0.2, -0.15) is 0 Å². The number of amides is 1. The second-order valence-corrected chi connectivity index (χ2v) is 5.54. The minimum Gasteiger partial charge on any atom is -0.399 e. The Bertz CT molecular complexity index is 616. The highest BCUT2D eigenvalue weighted by Gasteiger charge is 2.16. The maximum atomic E-state index is 12.4. The molecule has 1 amide bonds. The highest BCUT2D eigenvalue weighted by molar-refractivity contribution is 7.09. The Morgan fingerprint density at radius 3 is 2.57 bits per heavy atom. The van der Waals surface area contributed by atoms with Crippen molar-refractivity contribution in [2.24, 2.45) is 0 Å². The van der Waals surface area contributed by atoms with Gasteiger partial charge in [0.2, 0.25) is 0 Å². The van der Waals surface area contributed by atoms with Gasteiger partial charge in [0, 0.05) is 23.2 Å². The molecule has 0 aliphatic carbocycles. The quantitative estimate of drug-likeness (QED) is 0.865. The number of rotatable bonds is 3. The molecule has 0 fully saturated rings. The number of halogens is 2. The van der Waals surface area contributed by atoms with Crippen LogP contribution >= 0.6 is 36.2 Å². The SMILES string of the molecule is Cc1ccc(N)cc1C(=O)N(C)Cc1scnc1C.Cl.Cl. The van der Waals surface area contributed by atoms with Gasteiger partial charge in [-0.25, -0.2) is 4.98 Å². The van der Waals surface area contributed by atoms with E-state index < -0.39 is 0 Å². The van der Waals surface area contributed by atoms with Gasteiger partial charge in [-0.15, -0.1) is 36.2 Å². The van der Waals surface area contributed by atoms with Gasteiger partial charge < -0.3 is 10.6 Å². The van der Waals surface area contributed by atoms with Crippen molar-refractivity contribution in [2.45, 2.75) is 20.4 Å². The van der Waals surface area contributed by atoms with Gasteiger partial charge in [0.1, 0.15) is 0 Å². The number of hydrogen-bond donors (Lipinski definition) is 1. The third-order valence-corrected chi connectivity index (χ3v) is 3.98. The normalized spacial score (nSPS) is 9.48. The summed E-state index contributed by atoms with van der Waals surface area (Å²) in [6.07, 6.45) is 0. The summed E-state index contributed by atoms with van der Waals surface area (Å²) in [7, 11) is 1.80. The lowest BCUT2D eigenvalue weighted by atomic mass is 10.1. The summed E-state index contributed by atoms with van der Waals surface area (Å²) in [5.41, 5.74) is 10.7. The number of anilines is 1. The van der Waals surface area contributed by atoms with Gasteiger partial charge in [-0.3, -0.25) is 4.79 Å². The third kappa shape index (κ3) is 4.59. The second kappa shape index (κ2) is 8.22. The fourth-order valence-electron chi connectivity index (χ4n) is 1.84. The van der Waals surface area contributed by atoms with Crippen molar-refractivity contribution in [1.29, 1.82) is 0 Å². The van der Waals surface area contributed by atoms with Gasteiger partial charge in [0.25, 0.3) is 5.91 Å². The first-order valence-electron chi connectivity index (χ1n) is 5.99. The van der Waals surface area contributed by atoms with Gasteiger partial charge in [-0.1, -0.05) is 6.07 Å². The third-order valence-electron chi connectivity index (χ3n) is 3.06. The van der Waals surface area contributed by atoms with E-state index in [1.807, 2.05) is 19.9 Å². The molecule has 2 aromatic rings. The van der Waals surface area contributed by atoms with Crippen LogP contribution in [0.15, 0.2) is 23.7 Å². The average Bonchev–Trinajstić information content (AvgIpc) is 2.77. The molecule has 7 heteroatoms. The van der Waals surface area contributed by atoms with E-state index in [9.17, 15) is 4.79 Å². The minimum atomic E-state index is -0.0161. The number of carbonyl (C=O) groups is 1. The van der Waals surface area contributed by atoms with Crippen molar-refractivity contribution < 1.29 is 4.79 Å². The Balaban J connectivity index is 0.00000200. The van der Waals surface area contributed by atoms with Crippen LogP contribution in [0.1, 0.15) is 26.5 Å². The van der Waals surface area contributed by atoms with Crippen LogP contribution < -0.4 is 5.73 Å². The number of carbonyl (C=O) groups excluding carboxylic acids is 1. The van der Waals surface area contributed by atoms with Crippen molar-refractivity contribution in [1.82, 2.24) is 9.88 Å². The molecule has 0 aliphatic heterocycles. The second-order valence-electron chi connectivity index (χ2n) is 4.60. The number of benzene rings is 1. The maximum absolute atomic E-state index is 12.4. The Morgan fingerprint density at radius 2 is 2.00 bits per heavy atom. The largest absolute Gasteiger partial charge is 0.399 e. The van der Waals surface area contributed by atoms with Crippen LogP contribution in [-0.2, 0) is 6.54 Å². The van der Waals surface area contributed by atoms with E-state index in [0.717, 1.165) is 16.1 Å². The van der Waals surface area contributed by atoms with Gasteiger partial charge >= 0.3 is 0 Å². The Hall–Kier alpha value is -1.30. The van der Waals surface area contributed by atoms with Crippen molar-refractivity contribution in [2.75, 3.05) is 12.8 Å².